The number of aliphatic hydroxyl groups excluding tert-OH is 1. The molecular weight excluding hydrogens is 310 g/mol. The molecule has 5 aliphatic rings. The number of hydrogen-bond donors (Lipinski definition) is 2. The average Bonchev–Trinajstić information content (AvgIpc) is 3.33. The first kappa shape index (κ1) is 16.8. The van der Waals surface area contributed by atoms with Crippen molar-refractivity contribution in [1.29, 1.82) is 0 Å². The van der Waals surface area contributed by atoms with E-state index in [-0.39, 0.29) is 11.5 Å². The van der Waals surface area contributed by atoms with E-state index in [2.05, 4.69) is 24.8 Å². The maximum absolute atomic E-state index is 11.6. The van der Waals surface area contributed by atoms with Crippen LogP contribution in [0, 0.1) is 28.6 Å². The van der Waals surface area contributed by atoms with Crippen LogP contribution in [0.5, 0.6) is 0 Å². The van der Waals surface area contributed by atoms with E-state index in [1.807, 2.05) is 0 Å². The van der Waals surface area contributed by atoms with E-state index >= 15 is 0 Å². The summed E-state index contributed by atoms with van der Waals surface area (Å²) in [4.78, 5) is 2.42. The van der Waals surface area contributed by atoms with E-state index in [4.69, 9.17) is 0 Å². The Kier molecular flexibility index (Phi) is 3.57. The van der Waals surface area contributed by atoms with Crippen LogP contribution in [-0.4, -0.2) is 46.5 Å². The van der Waals surface area contributed by atoms with Gasteiger partial charge < -0.3 is 10.2 Å². The first-order chi connectivity index (χ1) is 11.9. The number of fused-ring (bicyclic) bond motifs is 5. The molecule has 140 valence electrons. The van der Waals surface area contributed by atoms with Gasteiger partial charge in [0.1, 0.15) is 0 Å². The highest BCUT2D eigenvalue weighted by Crippen LogP contribution is 2.67. The topological polar surface area (TPSA) is 43.5 Å². The molecule has 0 aromatic carbocycles. The first-order valence-corrected chi connectivity index (χ1v) is 10.7. The van der Waals surface area contributed by atoms with Crippen LogP contribution in [0.2, 0.25) is 0 Å². The van der Waals surface area contributed by atoms with Crippen molar-refractivity contribution >= 4 is 0 Å². The summed E-state index contributed by atoms with van der Waals surface area (Å²) in [6.07, 6.45) is 11.3. The fourth-order valence-corrected chi connectivity index (χ4v) is 7.61. The summed E-state index contributed by atoms with van der Waals surface area (Å²) in [5, 5.41) is 21.7. The van der Waals surface area contributed by atoms with Gasteiger partial charge in [-0.1, -0.05) is 25.5 Å². The molecule has 0 amide bonds. The normalized spacial score (nSPS) is 55.1. The van der Waals surface area contributed by atoms with Gasteiger partial charge in [0.2, 0.25) is 0 Å². The number of β-amino-alcohol motifs (C(OH)–C–C–N with tert-alkyl or cyclic N) is 1. The second kappa shape index (κ2) is 5.33. The van der Waals surface area contributed by atoms with E-state index in [9.17, 15) is 10.2 Å². The van der Waals surface area contributed by atoms with Crippen LogP contribution in [-0.2, 0) is 0 Å². The molecule has 0 bridgehead atoms. The van der Waals surface area contributed by atoms with Gasteiger partial charge in [0.15, 0.2) is 0 Å². The summed E-state index contributed by atoms with van der Waals surface area (Å²) < 4.78 is 0. The van der Waals surface area contributed by atoms with Crippen molar-refractivity contribution in [2.75, 3.05) is 19.6 Å². The van der Waals surface area contributed by atoms with Crippen LogP contribution in [0.1, 0.15) is 65.2 Å². The van der Waals surface area contributed by atoms with Gasteiger partial charge in [-0.2, -0.15) is 0 Å². The van der Waals surface area contributed by atoms with Gasteiger partial charge in [-0.25, -0.2) is 0 Å². The van der Waals surface area contributed by atoms with E-state index < -0.39 is 5.60 Å². The molecule has 3 nitrogen and oxygen atoms in total. The molecule has 0 radical (unpaired) electrons. The quantitative estimate of drug-likeness (QED) is 0.596. The third kappa shape index (κ3) is 2.28. The van der Waals surface area contributed by atoms with Crippen LogP contribution < -0.4 is 0 Å². The molecule has 3 heteroatoms. The second-order valence-corrected chi connectivity index (χ2v) is 10.5. The summed E-state index contributed by atoms with van der Waals surface area (Å²) in [5.74, 6) is 2.19. The average molecular weight is 346 g/mol. The van der Waals surface area contributed by atoms with Gasteiger partial charge in [-0.3, -0.25) is 4.90 Å². The Bertz CT molecular complexity index is 599. The Labute approximate surface area is 152 Å². The molecule has 0 aromatic heterocycles. The third-order valence-corrected chi connectivity index (χ3v) is 9.42. The Morgan fingerprint density at radius 2 is 1.84 bits per heavy atom. The van der Waals surface area contributed by atoms with Crippen molar-refractivity contribution in [1.82, 2.24) is 4.90 Å². The zero-order chi connectivity index (χ0) is 17.4. The fraction of sp³-hybridized carbons (Fsp3) is 0.909. The number of allylic oxidation sites excluding steroid dienone is 1. The minimum atomic E-state index is -0.465. The lowest BCUT2D eigenvalue weighted by Gasteiger charge is -2.59. The molecule has 7 atom stereocenters. The third-order valence-electron chi connectivity index (χ3n) is 9.42. The zero-order valence-electron chi connectivity index (χ0n) is 16.0. The van der Waals surface area contributed by atoms with Gasteiger partial charge >= 0.3 is 0 Å². The highest BCUT2D eigenvalue weighted by atomic mass is 16.3. The van der Waals surface area contributed by atoms with Crippen LogP contribution >= 0.6 is 0 Å². The molecule has 5 rings (SSSR count). The van der Waals surface area contributed by atoms with Crippen molar-refractivity contribution in [3.8, 4) is 0 Å². The molecule has 0 spiro atoms. The maximum Gasteiger partial charge on any atom is 0.0830 e. The number of rotatable bonds is 2. The SMILES string of the molecule is C[C@]12CC[C@@H](O)CC1=CC[C@H]1[C@H]2CC[C@@]2(C)[C@H]1CC[C@@]2(O)CN1CC1. The van der Waals surface area contributed by atoms with E-state index in [0.717, 1.165) is 44.1 Å². The summed E-state index contributed by atoms with van der Waals surface area (Å²) in [7, 11) is 0. The highest BCUT2D eigenvalue weighted by Gasteiger charge is 2.64. The molecule has 2 N–H and O–H groups in total. The predicted molar refractivity (Wildman–Crippen MR) is 99.1 cm³/mol. The number of aliphatic hydroxyl groups is 2. The van der Waals surface area contributed by atoms with Gasteiger partial charge in [-0.05, 0) is 74.5 Å². The first-order valence-electron chi connectivity index (χ1n) is 10.7. The highest BCUT2D eigenvalue weighted by molar-refractivity contribution is 5.26. The minimum absolute atomic E-state index is 0.104. The number of nitrogens with zero attached hydrogens (tertiary/aromatic N) is 1. The van der Waals surface area contributed by atoms with Crippen molar-refractivity contribution in [2.45, 2.75) is 76.9 Å². The van der Waals surface area contributed by atoms with Crippen LogP contribution in [0.25, 0.3) is 0 Å². The molecule has 3 saturated carbocycles. The molecule has 1 aliphatic heterocycles. The molecule has 4 fully saturated rings. The van der Waals surface area contributed by atoms with Crippen molar-refractivity contribution in [2.24, 2.45) is 28.6 Å². The summed E-state index contributed by atoms with van der Waals surface area (Å²) in [6, 6.07) is 0. The Balaban J connectivity index is 1.45. The van der Waals surface area contributed by atoms with Crippen LogP contribution in [0.4, 0.5) is 0 Å². The van der Waals surface area contributed by atoms with E-state index in [0.29, 0.717) is 11.3 Å². The predicted octanol–water partition coefficient (Wildman–Crippen LogP) is 3.36. The lowest BCUT2D eigenvalue weighted by Crippen LogP contribution is -2.56. The van der Waals surface area contributed by atoms with Crippen LogP contribution in [0.3, 0.4) is 0 Å². The van der Waals surface area contributed by atoms with E-state index in [1.54, 1.807) is 5.57 Å². The second-order valence-electron chi connectivity index (χ2n) is 10.5. The standard InChI is InChI=1S/C22H35NO2/c1-20-8-5-16(24)13-15(20)3-4-17-18(20)6-9-21(2)19(17)7-10-22(21,25)14-23-11-12-23/h3,16-19,24-25H,4-14H2,1-2H3/t16-,17+,18-,19+,20+,21+,22-/m1/s1. The summed E-state index contributed by atoms with van der Waals surface area (Å²) >= 11 is 0. The molecule has 0 unspecified atom stereocenters. The fourth-order valence-electron chi connectivity index (χ4n) is 7.61. The summed E-state index contributed by atoms with van der Waals surface area (Å²) in [5.41, 5.74) is 1.50. The van der Waals surface area contributed by atoms with Gasteiger partial charge in [-0.15, -0.1) is 0 Å². The van der Waals surface area contributed by atoms with Crippen LogP contribution in [0.15, 0.2) is 11.6 Å². The molecule has 4 aliphatic carbocycles. The zero-order valence-corrected chi connectivity index (χ0v) is 16.0. The molecule has 0 aromatic rings. The molecule has 1 heterocycles. The largest absolute Gasteiger partial charge is 0.393 e. The maximum atomic E-state index is 11.6. The number of hydrogen-bond acceptors (Lipinski definition) is 3. The van der Waals surface area contributed by atoms with Crippen molar-refractivity contribution < 1.29 is 10.2 Å². The lowest BCUT2D eigenvalue weighted by atomic mass is 9.47. The minimum Gasteiger partial charge on any atom is -0.393 e. The van der Waals surface area contributed by atoms with E-state index in [1.165, 1.54) is 38.8 Å². The smallest absolute Gasteiger partial charge is 0.0830 e. The van der Waals surface area contributed by atoms with Gasteiger partial charge in [0.05, 0.1) is 11.7 Å². The Morgan fingerprint density at radius 3 is 2.60 bits per heavy atom. The summed E-state index contributed by atoms with van der Waals surface area (Å²) in [6.45, 7) is 8.17. The lowest BCUT2D eigenvalue weighted by molar-refractivity contribution is -0.128. The van der Waals surface area contributed by atoms with Crippen molar-refractivity contribution in [3.05, 3.63) is 11.6 Å². The molecule has 1 saturated heterocycles. The van der Waals surface area contributed by atoms with Gasteiger partial charge in [0, 0.05) is 25.0 Å². The molecule has 25 heavy (non-hydrogen) atoms. The Hall–Kier alpha value is -0.380. The van der Waals surface area contributed by atoms with Crippen molar-refractivity contribution in [3.63, 3.8) is 0 Å². The monoisotopic (exact) mass is 345 g/mol. The molecular formula is C22H35NO2. The van der Waals surface area contributed by atoms with Gasteiger partial charge in [0.25, 0.3) is 0 Å². The Morgan fingerprint density at radius 1 is 1.08 bits per heavy atom.